The number of rotatable bonds is 4. The van der Waals surface area contributed by atoms with Gasteiger partial charge in [0, 0.05) is 12.5 Å². The summed E-state index contributed by atoms with van der Waals surface area (Å²) in [5.74, 6) is 1.64. The van der Waals surface area contributed by atoms with Gasteiger partial charge in [0.05, 0.1) is 12.8 Å². The van der Waals surface area contributed by atoms with E-state index in [0.29, 0.717) is 40.0 Å². The van der Waals surface area contributed by atoms with Gasteiger partial charge in [-0.25, -0.2) is 19.3 Å². The van der Waals surface area contributed by atoms with Gasteiger partial charge in [-0.1, -0.05) is 47.1 Å². The number of ether oxygens (including phenoxy) is 1. The van der Waals surface area contributed by atoms with E-state index in [-0.39, 0.29) is 11.5 Å². The fourth-order valence-corrected chi connectivity index (χ4v) is 3.41. The van der Waals surface area contributed by atoms with Gasteiger partial charge in [-0.05, 0) is 19.1 Å². The van der Waals surface area contributed by atoms with Crippen molar-refractivity contribution in [1.82, 2.24) is 29.7 Å². The SMILES string of the molecule is COc1ccccc1-n1c(=O)[nH]c2c(-c3noc(C)n3)nc(-c3ccc(C)cc3)nc21. The molecule has 0 aliphatic heterocycles. The van der Waals surface area contributed by atoms with Gasteiger partial charge in [-0.2, -0.15) is 4.98 Å². The van der Waals surface area contributed by atoms with Crippen molar-refractivity contribution in [2.75, 3.05) is 7.11 Å². The zero-order valence-corrected chi connectivity index (χ0v) is 17.1. The molecule has 5 rings (SSSR count). The number of nitrogens with zero attached hydrogens (tertiary/aromatic N) is 5. The normalized spacial score (nSPS) is 11.2. The molecular formula is C22H18N6O3. The van der Waals surface area contributed by atoms with E-state index in [1.165, 1.54) is 4.57 Å². The number of fused-ring (bicyclic) bond motifs is 1. The Balaban J connectivity index is 1.86. The number of imidazole rings is 1. The predicted molar refractivity (Wildman–Crippen MR) is 114 cm³/mol. The van der Waals surface area contributed by atoms with Crippen LogP contribution in [-0.2, 0) is 0 Å². The first-order valence-electron chi connectivity index (χ1n) is 9.59. The number of benzene rings is 2. The van der Waals surface area contributed by atoms with Crippen LogP contribution in [0.1, 0.15) is 11.5 Å². The molecular weight excluding hydrogens is 396 g/mol. The Morgan fingerprint density at radius 3 is 2.45 bits per heavy atom. The highest BCUT2D eigenvalue weighted by Crippen LogP contribution is 2.29. The van der Waals surface area contributed by atoms with E-state index < -0.39 is 0 Å². The molecule has 5 aromatic rings. The van der Waals surface area contributed by atoms with Crippen LogP contribution in [0.15, 0.2) is 57.8 Å². The van der Waals surface area contributed by atoms with Crippen molar-refractivity contribution in [3.63, 3.8) is 0 Å². The number of hydrogen-bond acceptors (Lipinski definition) is 7. The molecule has 0 saturated carbocycles. The van der Waals surface area contributed by atoms with Crippen molar-refractivity contribution in [3.8, 4) is 34.3 Å². The molecule has 0 spiro atoms. The molecule has 0 aliphatic carbocycles. The maximum Gasteiger partial charge on any atom is 0.332 e. The topological polar surface area (TPSA) is 112 Å². The van der Waals surface area contributed by atoms with Crippen LogP contribution in [0.5, 0.6) is 5.75 Å². The van der Waals surface area contributed by atoms with Crippen LogP contribution in [-0.4, -0.2) is 36.8 Å². The average Bonchev–Trinajstić information content (AvgIpc) is 3.35. The maximum atomic E-state index is 13.0. The molecule has 9 nitrogen and oxygen atoms in total. The Hall–Kier alpha value is -4.27. The van der Waals surface area contributed by atoms with Gasteiger partial charge in [0.2, 0.25) is 11.7 Å². The summed E-state index contributed by atoms with van der Waals surface area (Å²) >= 11 is 0. The molecule has 154 valence electrons. The van der Waals surface area contributed by atoms with Crippen molar-refractivity contribution < 1.29 is 9.26 Å². The standard InChI is InChI=1S/C22H18N6O3/c1-12-8-10-14(11-9-12)19-24-17(20-23-13(2)31-27-20)18-21(26-19)28(22(29)25-18)15-6-4-5-7-16(15)30-3/h4-11H,1-3H3,(H,25,29). The lowest BCUT2D eigenvalue weighted by Crippen LogP contribution is -2.15. The number of nitrogens with one attached hydrogen (secondary N) is 1. The largest absolute Gasteiger partial charge is 0.495 e. The van der Waals surface area contributed by atoms with E-state index in [1.807, 2.05) is 43.3 Å². The van der Waals surface area contributed by atoms with Gasteiger partial charge in [-0.3, -0.25) is 0 Å². The summed E-state index contributed by atoms with van der Waals surface area (Å²) in [7, 11) is 1.55. The number of aromatic nitrogens is 6. The van der Waals surface area contributed by atoms with Crippen LogP contribution in [0.4, 0.5) is 0 Å². The summed E-state index contributed by atoms with van der Waals surface area (Å²) < 4.78 is 12.1. The second kappa shape index (κ2) is 7.21. The summed E-state index contributed by atoms with van der Waals surface area (Å²) in [6, 6.07) is 15.1. The number of hydrogen-bond donors (Lipinski definition) is 1. The first-order chi connectivity index (χ1) is 15.0. The van der Waals surface area contributed by atoms with Crippen LogP contribution >= 0.6 is 0 Å². The van der Waals surface area contributed by atoms with Crippen molar-refractivity contribution in [2.24, 2.45) is 0 Å². The monoisotopic (exact) mass is 414 g/mol. The smallest absolute Gasteiger partial charge is 0.332 e. The van der Waals surface area contributed by atoms with Crippen molar-refractivity contribution in [1.29, 1.82) is 0 Å². The molecule has 0 bridgehead atoms. The highest BCUT2D eigenvalue weighted by Gasteiger charge is 2.22. The number of H-pyrrole nitrogens is 1. The zero-order valence-electron chi connectivity index (χ0n) is 17.1. The van der Waals surface area contributed by atoms with Gasteiger partial charge < -0.3 is 14.2 Å². The quantitative estimate of drug-likeness (QED) is 0.479. The lowest BCUT2D eigenvalue weighted by molar-refractivity contribution is 0.394. The molecule has 0 atom stereocenters. The molecule has 0 radical (unpaired) electrons. The lowest BCUT2D eigenvalue weighted by Gasteiger charge is -2.10. The zero-order chi connectivity index (χ0) is 21.5. The summed E-state index contributed by atoms with van der Waals surface area (Å²) in [6.07, 6.45) is 0. The Morgan fingerprint density at radius 2 is 1.74 bits per heavy atom. The number of aromatic amines is 1. The molecule has 0 fully saturated rings. The molecule has 0 amide bonds. The van der Waals surface area contributed by atoms with Crippen LogP contribution < -0.4 is 10.4 Å². The van der Waals surface area contributed by atoms with Crippen LogP contribution in [0.3, 0.4) is 0 Å². The summed E-state index contributed by atoms with van der Waals surface area (Å²) in [6.45, 7) is 3.70. The molecule has 0 unspecified atom stereocenters. The fourth-order valence-electron chi connectivity index (χ4n) is 3.41. The molecule has 0 saturated heterocycles. The van der Waals surface area contributed by atoms with Crippen molar-refractivity contribution in [2.45, 2.75) is 13.8 Å². The van der Waals surface area contributed by atoms with E-state index in [4.69, 9.17) is 14.2 Å². The Kier molecular flexibility index (Phi) is 4.36. The van der Waals surface area contributed by atoms with Crippen molar-refractivity contribution >= 4 is 11.2 Å². The third kappa shape index (κ3) is 3.16. The van der Waals surface area contributed by atoms with Crippen molar-refractivity contribution in [3.05, 3.63) is 70.5 Å². The number of aryl methyl sites for hydroxylation is 2. The minimum absolute atomic E-state index is 0.270. The number of methoxy groups -OCH3 is 1. The molecule has 1 N–H and O–H groups in total. The molecule has 0 aliphatic rings. The number of para-hydroxylation sites is 2. The molecule has 9 heteroatoms. The molecule has 31 heavy (non-hydrogen) atoms. The summed E-state index contributed by atoms with van der Waals surface area (Å²) in [4.78, 5) is 29.5. The Morgan fingerprint density at radius 1 is 0.968 bits per heavy atom. The van der Waals surface area contributed by atoms with Gasteiger partial charge in [0.1, 0.15) is 17.0 Å². The summed E-state index contributed by atoms with van der Waals surface area (Å²) in [5.41, 5.74) is 3.27. The van der Waals surface area contributed by atoms with E-state index in [1.54, 1.807) is 26.2 Å². The lowest BCUT2D eigenvalue weighted by atomic mass is 10.1. The van der Waals surface area contributed by atoms with Crippen LogP contribution in [0.25, 0.3) is 39.8 Å². The highest BCUT2D eigenvalue weighted by molar-refractivity contribution is 5.88. The van der Waals surface area contributed by atoms with Gasteiger partial charge in [-0.15, -0.1) is 0 Å². The van der Waals surface area contributed by atoms with Gasteiger partial charge >= 0.3 is 5.69 Å². The predicted octanol–water partition coefficient (Wildman–Crippen LogP) is 3.45. The molecule has 3 heterocycles. The van der Waals surface area contributed by atoms with Crippen LogP contribution in [0.2, 0.25) is 0 Å². The maximum absolute atomic E-state index is 13.0. The average molecular weight is 414 g/mol. The van der Waals surface area contributed by atoms with E-state index in [9.17, 15) is 4.79 Å². The van der Waals surface area contributed by atoms with E-state index >= 15 is 0 Å². The minimum Gasteiger partial charge on any atom is -0.495 e. The van der Waals surface area contributed by atoms with E-state index in [0.717, 1.165) is 11.1 Å². The second-order valence-corrected chi connectivity index (χ2v) is 7.03. The fraction of sp³-hybridized carbons (Fsp3) is 0.136. The van der Waals surface area contributed by atoms with Gasteiger partial charge in [0.15, 0.2) is 11.5 Å². The van der Waals surface area contributed by atoms with Crippen LogP contribution in [0, 0.1) is 13.8 Å². The molecule has 3 aromatic heterocycles. The first-order valence-corrected chi connectivity index (χ1v) is 9.59. The second-order valence-electron chi connectivity index (χ2n) is 7.03. The third-order valence-electron chi connectivity index (χ3n) is 4.91. The Bertz CT molecular complexity index is 1460. The highest BCUT2D eigenvalue weighted by atomic mass is 16.5. The third-order valence-corrected chi connectivity index (χ3v) is 4.91. The molecule has 2 aromatic carbocycles. The first kappa shape index (κ1) is 18.7. The van der Waals surface area contributed by atoms with E-state index in [2.05, 4.69) is 20.1 Å². The minimum atomic E-state index is -0.378. The van der Waals surface area contributed by atoms with Gasteiger partial charge in [0.25, 0.3) is 0 Å². The summed E-state index contributed by atoms with van der Waals surface area (Å²) in [5, 5.41) is 4.00. The Labute approximate surface area is 176 Å².